The molecule has 3 nitrogen and oxygen atoms in total. The summed E-state index contributed by atoms with van der Waals surface area (Å²) in [5.74, 6) is 1.90. The largest absolute Gasteiger partial charge is 0.355 e. The van der Waals surface area contributed by atoms with E-state index in [0.29, 0.717) is 5.15 Å². The van der Waals surface area contributed by atoms with Gasteiger partial charge in [-0.25, -0.2) is 9.97 Å². The molecule has 0 aliphatic heterocycles. The van der Waals surface area contributed by atoms with Gasteiger partial charge in [0.2, 0.25) is 0 Å². The molecule has 1 aromatic heterocycles. The Morgan fingerprint density at radius 1 is 1.20 bits per heavy atom. The summed E-state index contributed by atoms with van der Waals surface area (Å²) in [6, 6.07) is 10.3. The molecule has 0 radical (unpaired) electrons. The van der Waals surface area contributed by atoms with Crippen molar-refractivity contribution in [3.63, 3.8) is 0 Å². The number of hydrogen-bond acceptors (Lipinski definition) is 3. The van der Waals surface area contributed by atoms with Crippen LogP contribution in [0.15, 0.2) is 30.3 Å². The molecule has 0 bridgehead atoms. The van der Waals surface area contributed by atoms with Crippen LogP contribution >= 0.6 is 11.6 Å². The van der Waals surface area contributed by atoms with Crippen LogP contribution in [0, 0.1) is 6.92 Å². The standard InChI is InChI=1S/C16H20ClN3/c1-11(2)16-18-14(17)9-15(19-16)20(4)10-13-7-5-6-12(3)8-13/h5-9,11H,10H2,1-4H3. The Morgan fingerprint density at radius 3 is 2.60 bits per heavy atom. The molecule has 0 unspecified atom stereocenters. The number of nitrogens with zero attached hydrogens (tertiary/aromatic N) is 3. The molecule has 1 aromatic carbocycles. The molecule has 0 aliphatic carbocycles. The number of aryl methyl sites for hydroxylation is 1. The lowest BCUT2D eigenvalue weighted by molar-refractivity contribution is 0.762. The number of halogens is 1. The third-order valence-electron chi connectivity index (χ3n) is 3.11. The van der Waals surface area contributed by atoms with E-state index in [0.717, 1.165) is 18.2 Å². The van der Waals surface area contributed by atoms with Crippen LogP contribution in [-0.4, -0.2) is 17.0 Å². The highest BCUT2D eigenvalue weighted by molar-refractivity contribution is 6.29. The Morgan fingerprint density at radius 2 is 1.95 bits per heavy atom. The molecule has 0 amide bonds. The van der Waals surface area contributed by atoms with Crippen molar-refractivity contribution < 1.29 is 0 Å². The Kier molecular flexibility index (Phi) is 4.61. The number of rotatable bonds is 4. The van der Waals surface area contributed by atoms with E-state index in [2.05, 4.69) is 59.9 Å². The lowest BCUT2D eigenvalue weighted by atomic mass is 10.1. The maximum atomic E-state index is 6.09. The van der Waals surface area contributed by atoms with E-state index in [1.54, 1.807) is 0 Å². The van der Waals surface area contributed by atoms with Crippen LogP contribution in [-0.2, 0) is 6.54 Å². The highest BCUT2D eigenvalue weighted by Gasteiger charge is 2.10. The zero-order chi connectivity index (χ0) is 14.7. The van der Waals surface area contributed by atoms with E-state index < -0.39 is 0 Å². The summed E-state index contributed by atoms with van der Waals surface area (Å²) in [5.41, 5.74) is 2.52. The van der Waals surface area contributed by atoms with E-state index in [4.69, 9.17) is 11.6 Å². The van der Waals surface area contributed by atoms with Crippen molar-refractivity contribution in [3.8, 4) is 0 Å². The first-order chi connectivity index (χ1) is 9.45. The molecule has 1 heterocycles. The Labute approximate surface area is 125 Å². The zero-order valence-corrected chi connectivity index (χ0v) is 13.1. The zero-order valence-electron chi connectivity index (χ0n) is 12.4. The molecule has 0 saturated heterocycles. The molecule has 2 aromatic rings. The second kappa shape index (κ2) is 6.23. The summed E-state index contributed by atoms with van der Waals surface area (Å²) < 4.78 is 0. The van der Waals surface area contributed by atoms with Crippen molar-refractivity contribution in [2.45, 2.75) is 33.2 Å². The van der Waals surface area contributed by atoms with E-state index in [1.807, 2.05) is 13.1 Å². The number of benzene rings is 1. The molecule has 20 heavy (non-hydrogen) atoms. The predicted octanol–water partition coefficient (Wildman–Crippen LogP) is 4.20. The van der Waals surface area contributed by atoms with Gasteiger partial charge in [-0.1, -0.05) is 55.3 Å². The van der Waals surface area contributed by atoms with Crippen LogP contribution in [0.2, 0.25) is 5.15 Å². The van der Waals surface area contributed by atoms with Gasteiger partial charge in [-0.3, -0.25) is 0 Å². The van der Waals surface area contributed by atoms with Crippen LogP contribution in [0.25, 0.3) is 0 Å². The van der Waals surface area contributed by atoms with Crippen LogP contribution in [0.5, 0.6) is 0 Å². The van der Waals surface area contributed by atoms with Gasteiger partial charge < -0.3 is 4.90 Å². The minimum absolute atomic E-state index is 0.264. The minimum atomic E-state index is 0.264. The first-order valence-corrected chi connectivity index (χ1v) is 7.14. The fourth-order valence-corrected chi connectivity index (χ4v) is 2.23. The molecule has 2 rings (SSSR count). The summed E-state index contributed by atoms with van der Waals surface area (Å²) in [6.45, 7) is 7.03. The average Bonchev–Trinajstić information content (AvgIpc) is 2.37. The van der Waals surface area contributed by atoms with Gasteiger partial charge in [0.25, 0.3) is 0 Å². The van der Waals surface area contributed by atoms with Gasteiger partial charge >= 0.3 is 0 Å². The van der Waals surface area contributed by atoms with Gasteiger partial charge in [0, 0.05) is 25.6 Å². The van der Waals surface area contributed by atoms with Gasteiger partial charge in [0.1, 0.15) is 16.8 Å². The summed E-state index contributed by atoms with van der Waals surface area (Å²) in [6.07, 6.45) is 0. The van der Waals surface area contributed by atoms with Crippen LogP contribution in [0.1, 0.15) is 36.7 Å². The van der Waals surface area contributed by atoms with E-state index in [-0.39, 0.29) is 5.92 Å². The minimum Gasteiger partial charge on any atom is -0.355 e. The van der Waals surface area contributed by atoms with Crippen molar-refractivity contribution in [2.24, 2.45) is 0 Å². The van der Waals surface area contributed by atoms with Crippen molar-refractivity contribution in [1.82, 2.24) is 9.97 Å². The second-order valence-electron chi connectivity index (χ2n) is 5.41. The van der Waals surface area contributed by atoms with Crippen molar-refractivity contribution in [2.75, 3.05) is 11.9 Å². The highest BCUT2D eigenvalue weighted by Crippen LogP contribution is 2.20. The monoisotopic (exact) mass is 289 g/mol. The Bertz CT molecular complexity index is 596. The lowest BCUT2D eigenvalue weighted by Gasteiger charge is -2.20. The van der Waals surface area contributed by atoms with Crippen LogP contribution < -0.4 is 4.90 Å². The molecule has 0 spiro atoms. The maximum absolute atomic E-state index is 6.09. The SMILES string of the molecule is Cc1cccc(CN(C)c2cc(Cl)nc(C(C)C)n2)c1. The molecule has 106 valence electrons. The fourth-order valence-electron chi connectivity index (χ4n) is 2.04. The van der Waals surface area contributed by atoms with Gasteiger partial charge in [0.15, 0.2) is 0 Å². The van der Waals surface area contributed by atoms with Crippen molar-refractivity contribution in [3.05, 3.63) is 52.4 Å². The number of anilines is 1. The molecular formula is C16H20ClN3. The quantitative estimate of drug-likeness (QED) is 0.790. The van der Waals surface area contributed by atoms with Crippen molar-refractivity contribution >= 4 is 17.4 Å². The summed E-state index contributed by atoms with van der Waals surface area (Å²) >= 11 is 6.09. The Hall–Kier alpha value is -1.61. The number of aromatic nitrogens is 2. The Balaban J connectivity index is 2.22. The molecular weight excluding hydrogens is 270 g/mol. The normalized spacial score (nSPS) is 10.9. The van der Waals surface area contributed by atoms with Gasteiger partial charge in [-0.05, 0) is 12.5 Å². The van der Waals surface area contributed by atoms with Gasteiger partial charge in [-0.15, -0.1) is 0 Å². The average molecular weight is 290 g/mol. The van der Waals surface area contributed by atoms with E-state index in [1.165, 1.54) is 11.1 Å². The predicted molar refractivity (Wildman–Crippen MR) is 84.4 cm³/mol. The summed E-state index contributed by atoms with van der Waals surface area (Å²) in [4.78, 5) is 10.9. The maximum Gasteiger partial charge on any atom is 0.135 e. The summed E-state index contributed by atoms with van der Waals surface area (Å²) in [5, 5.41) is 0.495. The van der Waals surface area contributed by atoms with E-state index in [9.17, 15) is 0 Å². The molecule has 0 aliphatic rings. The number of hydrogen-bond donors (Lipinski definition) is 0. The smallest absolute Gasteiger partial charge is 0.135 e. The molecule has 4 heteroatoms. The molecule has 0 saturated carbocycles. The topological polar surface area (TPSA) is 29.0 Å². The first kappa shape index (κ1) is 14.8. The third-order valence-corrected chi connectivity index (χ3v) is 3.30. The van der Waals surface area contributed by atoms with Crippen LogP contribution in [0.4, 0.5) is 5.82 Å². The fraction of sp³-hybridized carbons (Fsp3) is 0.375. The molecule has 0 fully saturated rings. The van der Waals surface area contributed by atoms with Gasteiger partial charge in [0.05, 0.1) is 0 Å². The van der Waals surface area contributed by atoms with Gasteiger partial charge in [-0.2, -0.15) is 0 Å². The molecule has 0 atom stereocenters. The summed E-state index contributed by atoms with van der Waals surface area (Å²) in [7, 11) is 2.02. The van der Waals surface area contributed by atoms with Crippen molar-refractivity contribution in [1.29, 1.82) is 0 Å². The third kappa shape index (κ3) is 3.70. The van der Waals surface area contributed by atoms with Crippen LogP contribution in [0.3, 0.4) is 0 Å². The van der Waals surface area contributed by atoms with E-state index >= 15 is 0 Å². The first-order valence-electron chi connectivity index (χ1n) is 6.77. The second-order valence-corrected chi connectivity index (χ2v) is 5.79. The lowest BCUT2D eigenvalue weighted by Crippen LogP contribution is -2.19. The highest BCUT2D eigenvalue weighted by atomic mass is 35.5. The molecule has 0 N–H and O–H groups in total.